The van der Waals surface area contributed by atoms with Crippen molar-refractivity contribution in [1.29, 1.82) is 0 Å². The van der Waals surface area contributed by atoms with E-state index in [0.29, 0.717) is 11.3 Å². The fourth-order valence-corrected chi connectivity index (χ4v) is 0.922. The van der Waals surface area contributed by atoms with Crippen molar-refractivity contribution in [3.63, 3.8) is 0 Å². The molecule has 0 aliphatic rings. The molecule has 0 aromatic carbocycles. The first kappa shape index (κ1) is 12.4. The summed E-state index contributed by atoms with van der Waals surface area (Å²) < 4.78 is 4.93. The van der Waals surface area contributed by atoms with Crippen LogP contribution in [0.5, 0.6) is 0 Å². The van der Waals surface area contributed by atoms with E-state index in [2.05, 4.69) is 13.2 Å². The van der Waals surface area contributed by atoms with Crippen LogP contribution in [0.25, 0.3) is 12.2 Å². The maximum absolute atomic E-state index is 11.0. The van der Waals surface area contributed by atoms with Gasteiger partial charge >= 0.3 is 5.63 Å². The quantitative estimate of drug-likeness (QED) is 0.720. The molecule has 0 atom stereocenters. The van der Waals surface area contributed by atoms with Gasteiger partial charge in [0.05, 0.1) is 0 Å². The average molecular weight is 192 g/mol. The first-order valence-corrected chi connectivity index (χ1v) is 4.58. The fourth-order valence-electron chi connectivity index (χ4n) is 0.922. The van der Waals surface area contributed by atoms with Crippen LogP contribution in [-0.2, 0) is 0 Å². The Balaban J connectivity index is 0.000000791. The highest BCUT2D eigenvalue weighted by Crippen LogP contribution is 2.10. The lowest BCUT2D eigenvalue weighted by Gasteiger charge is -1.98. The molecule has 0 saturated carbocycles. The van der Waals surface area contributed by atoms with Gasteiger partial charge in [0.25, 0.3) is 0 Å². The summed E-state index contributed by atoms with van der Waals surface area (Å²) in [5.41, 5.74) is 1.05. The van der Waals surface area contributed by atoms with E-state index in [0.717, 1.165) is 5.56 Å². The molecule has 1 rings (SSSR count). The van der Waals surface area contributed by atoms with Crippen molar-refractivity contribution in [3.8, 4) is 0 Å². The van der Waals surface area contributed by atoms with Crippen molar-refractivity contribution in [2.45, 2.75) is 20.8 Å². The molecule has 76 valence electrons. The monoisotopic (exact) mass is 192 g/mol. The largest absolute Gasteiger partial charge is 0.423 e. The van der Waals surface area contributed by atoms with Crippen LogP contribution in [0.4, 0.5) is 0 Å². The molecule has 0 unspecified atom stereocenters. The van der Waals surface area contributed by atoms with Gasteiger partial charge in [0.1, 0.15) is 5.76 Å². The minimum absolute atomic E-state index is 0.324. The van der Waals surface area contributed by atoms with Crippen molar-refractivity contribution in [3.05, 3.63) is 46.5 Å². The number of hydrogen-bond acceptors (Lipinski definition) is 2. The fraction of sp³-hybridized carbons (Fsp3) is 0.250. The van der Waals surface area contributed by atoms with Gasteiger partial charge in [-0.25, -0.2) is 4.79 Å². The third kappa shape index (κ3) is 2.73. The highest BCUT2D eigenvalue weighted by atomic mass is 16.4. The van der Waals surface area contributed by atoms with Crippen LogP contribution in [0.2, 0.25) is 0 Å². The number of aryl methyl sites for hydroxylation is 1. The summed E-state index contributed by atoms with van der Waals surface area (Å²) in [6, 6.07) is 1.73. The smallest absolute Gasteiger partial charge is 0.339 e. The Morgan fingerprint density at radius 3 is 2.29 bits per heavy atom. The van der Waals surface area contributed by atoms with E-state index in [-0.39, 0.29) is 5.63 Å². The van der Waals surface area contributed by atoms with E-state index in [9.17, 15) is 4.79 Å². The topological polar surface area (TPSA) is 30.2 Å². The van der Waals surface area contributed by atoms with Gasteiger partial charge in [-0.05, 0) is 19.1 Å². The maximum atomic E-state index is 11.0. The molecule has 1 heterocycles. The van der Waals surface area contributed by atoms with Gasteiger partial charge in [0.2, 0.25) is 0 Å². The maximum Gasteiger partial charge on any atom is 0.339 e. The molecule has 2 nitrogen and oxygen atoms in total. The third-order valence-electron chi connectivity index (χ3n) is 1.59. The third-order valence-corrected chi connectivity index (χ3v) is 1.59. The second-order valence-electron chi connectivity index (χ2n) is 2.44. The Morgan fingerprint density at radius 1 is 1.29 bits per heavy atom. The van der Waals surface area contributed by atoms with Gasteiger partial charge < -0.3 is 4.42 Å². The summed E-state index contributed by atoms with van der Waals surface area (Å²) in [6.07, 6.45) is 3.13. The van der Waals surface area contributed by atoms with E-state index in [4.69, 9.17) is 4.42 Å². The van der Waals surface area contributed by atoms with Crippen LogP contribution in [0.1, 0.15) is 30.7 Å². The zero-order valence-electron chi connectivity index (χ0n) is 8.96. The predicted molar refractivity (Wildman–Crippen MR) is 61.2 cm³/mol. The molecular weight excluding hydrogens is 176 g/mol. The summed E-state index contributed by atoms with van der Waals surface area (Å²) in [5, 5.41) is 0. The molecule has 0 amide bonds. The zero-order chi connectivity index (χ0) is 11.1. The minimum atomic E-state index is -0.324. The van der Waals surface area contributed by atoms with Crippen LogP contribution in [-0.4, -0.2) is 0 Å². The highest BCUT2D eigenvalue weighted by Gasteiger charge is 2.01. The van der Waals surface area contributed by atoms with Gasteiger partial charge in [-0.2, -0.15) is 0 Å². The first-order chi connectivity index (χ1) is 6.69. The minimum Gasteiger partial charge on any atom is -0.423 e. The molecule has 14 heavy (non-hydrogen) atoms. The van der Waals surface area contributed by atoms with Gasteiger partial charge in [-0.15, -0.1) is 0 Å². The lowest BCUT2D eigenvalue weighted by atomic mass is 10.1. The van der Waals surface area contributed by atoms with Crippen LogP contribution in [0.3, 0.4) is 0 Å². The average Bonchev–Trinajstić information content (AvgIpc) is 2.24. The zero-order valence-corrected chi connectivity index (χ0v) is 8.96. The van der Waals surface area contributed by atoms with Crippen molar-refractivity contribution in [2.75, 3.05) is 0 Å². The van der Waals surface area contributed by atoms with Crippen LogP contribution in [0.15, 0.2) is 28.4 Å². The molecule has 0 aliphatic heterocycles. The predicted octanol–water partition coefficient (Wildman–Crippen LogP) is 3.26. The van der Waals surface area contributed by atoms with Gasteiger partial charge in [-0.3, -0.25) is 0 Å². The molecule has 0 bridgehead atoms. The number of rotatable bonds is 2. The van der Waals surface area contributed by atoms with Gasteiger partial charge in [-0.1, -0.05) is 33.1 Å². The Labute approximate surface area is 84.6 Å². The molecule has 0 radical (unpaired) electrons. The molecule has 2 heteroatoms. The van der Waals surface area contributed by atoms with E-state index >= 15 is 0 Å². The van der Waals surface area contributed by atoms with Gasteiger partial charge in [0.15, 0.2) is 0 Å². The van der Waals surface area contributed by atoms with E-state index in [1.807, 2.05) is 13.8 Å². The normalized spacial score (nSPS) is 8.50. The Morgan fingerprint density at radius 2 is 1.86 bits per heavy atom. The molecule has 1 aromatic heterocycles. The van der Waals surface area contributed by atoms with Crippen molar-refractivity contribution >= 4 is 12.2 Å². The van der Waals surface area contributed by atoms with Crippen molar-refractivity contribution < 1.29 is 4.42 Å². The second-order valence-corrected chi connectivity index (χ2v) is 2.44. The molecule has 1 aromatic rings. The summed E-state index contributed by atoms with van der Waals surface area (Å²) in [5.74, 6) is 0.473. The van der Waals surface area contributed by atoms with Crippen molar-refractivity contribution in [2.24, 2.45) is 0 Å². The standard InChI is InChI=1S/C10H10O2.C2H6/c1-4-8-6-7(3)10(11)12-9(8)5-2;1-2/h4-6H,1-2H2,3H3;1-2H3. The molecule has 0 aliphatic carbocycles. The second kappa shape index (κ2) is 5.97. The van der Waals surface area contributed by atoms with Crippen LogP contribution < -0.4 is 5.63 Å². The van der Waals surface area contributed by atoms with Gasteiger partial charge in [0, 0.05) is 11.1 Å². The van der Waals surface area contributed by atoms with Crippen molar-refractivity contribution in [1.82, 2.24) is 0 Å². The van der Waals surface area contributed by atoms with E-state index < -0.39 is 0 Å². The summed E-state index contributed by atoms with van der Waals surface area (Å²) in [7, 11) is 0. The summed E-state index contributed by atoms with van der Waals surface area (Å²) in [6.45, 7) is 12.8. The van der Waals surface area contributed by atoms with E-state index in [1.54, 1.807) is 19.1 Å². The Kier molecular flexibility index (Phi) is 5.30. The Bertz CT molecular complexity index is 372. The number of hydrogen-bond donors (Lipinski definition) is 0. The molecule has 0 fully saturated rings. The molecule has 0 N–H and O–H groups in total. The summed E-state index contributed by atoms with van der Waals surface area (Å²) >= 11 is 0. The SMILES string of the molecule is C=Cc1cc(C)c(=O)oc1C=C.CC. The van der Waals surface area contributed by atoms with E-state index in [1.165, 1.54) is 6.08 Å². The van der Waals surface area contributed by atoms with Crippen LogP contribution >= 0.6 is 0 Å². The van der Waals surface area contributed by atoms with Crippen LogP contribution in [0, 0.1) is 6.92 Å². The molecular formula is C12H16O2. The molecule has 0 spiro atoms. The highest BCUT2D eigenvalue weighted by molar-refractivity contribution is 5.59. The lowest BCUT2D eigenvalue weighted by molar-refractivity contribution is 0.495. The summed E-state index contributed by atoms with van der Waals surface area (Å²) in [4.78, 5) is 11.0. The lowest BCUT2D eigenvalue weighted by Crippen LogP contribution is -2.04. The molecule has 0 saturated heterocycles. The Hall–Kier alpha value is -1.57. The first-order valence-electron chi connectivity index (χ1n) is 4.58.